The summed E-state index contributed by atoms with van der Waals surface area (Å²) in [7, 11) is 0. The van der Waals surface area contributed by atoms with Crippen molar-refractivity contribution in [3.05, 3.63) is 51.5 Å². The lowest BCUT2D eigenvalue weighted by Gasteiger charge is -2.05. The number of carbonyl (C=O) groups is 2. The number of aromatic nitrogens is 1. The summed E-state index contributed by atoms with van der Waals surface area (Å²) in [5.41, 5.74) is 2.49. The summed E-state index contributed by atoms with van der Waals surface area (Å²) < 4.78 is 0. The fraction of sp³-hybridized carbons (Fsp3) is 0.154. The van der Waals surface area contributed by atoms with E-state index in [0.29, 0.717) is 12.1 Å². The zero-order valence-electron chi connectivity index (χ0n) is 10.2. The summed E-state index contributed by atoms with van der Waals surface area (Å²) in [6.45, 7) is 2.44. The van der Waals surface area contributed by atoms with E-state index < -0.39 is 5.97 Å². The number of amides is 1. The molecule has 2 aromatic heterocycles. The van der Waals surface area contributed by atoms with Crippen molar-refractivity contribution in [3.63, 3.8) is 0 Å². The predicted molar refractivity (Wildman–Crippen MR) is 71.4 cm³/mol. The molecule has 0 aliphatic heterocycles. The van der Waals surface area contributed by atoms with Crippen LogP contribution in [0.3, 0.4) is 0 Å². The summed E-state index contributed by atoms with van der Waals surface area (Å²) in [4.78, 5) is 26.2. The number of nitrogens with zero attached hydrogens (tertiary/aromatic N) is 1. The quantitative estimate of drug-likeness (QED) is 0.896. The Labute approximate surface area is 113 Å². The molecule has 0 atom stereocenters. The number of carbonyl (C=O) groups excluding carboxylic acids is 1. The molecule has 2 aromatic rings. The predicted octanol–water partition coefficient (Wildman–Crippen LogP) is 2.08. The van der Waals surface area contributed by atoms with Crippen LogP contribution in [-0.4, -0.2) is 22.0 Å². The van der Waals surface area contributed by atoms with E-state index in [0.717, 1.165) is 11.1 Å². The van der Waals surface area contributed by atoms with Crippen molar-refractivity contribution in [1.29, 1.82) is 0 Å². The topological polar surface area (TPSA) is 79.3 Å². The van der Waals surface area contributed by atoms with E-state index in [9.17, 15) is 9.59 Å². The normalized spacial score (nSPS) is 10.2. The van der Waals surface area contributed by atoms with Gasteiger partial charge in [0, 0.05) is 12.7 Å². The van der Waals surface area contributed by atoms with E-state index >= 15 is 0 Å². The molecular weight excluding hydrogens is 264 g/mol. The van der Waals surface area contributed by atoms with Crippen molar-refractivity contribution < 1.29 is 14.7 Å². The third-order valence-corrected chi connectivity index (χ3v) is 3.56. The SMILES string of the molecule is Cc1cscc1CNC(=O)c1ccc(C(=O)O)nc1. The van der Waals surface area contributed by atoms with Crippen LogP contribution >= 0.6 is 11.3 Å². The van der Waals surface area contributed by atoms with E-state index in [1.165, 1.54) is 18.3 Å². The Balaban J connectivity index is 2.00. The Bertz CT molecular complexity index is 605. The molecule has 2 heterocycles. The molecule has 0 radical (unpaired) electrons. The van der Waals surface area contributed by atoms with E-state index in [-0.39, 0.29) is 11.6 Å². The molecule has 2 N–H and O–H groups in total. The minimum absolute atomic E-state index is 0.0785. The van der Waals surface area contributed by atoms with Crippen LogP contribution in [0.5, 0.6) is 0 Å². The second kappa shape index (κ2) is 5.62. The van der Waals surface area contributed by atoms with Gasteiger partial charge in [-0.25, -0.2) is 9.78 Å². The van der Waals surface area contributed by atoms with Crippen molar-refractivity contribution in [2.75, 3.05) is 0 Å². The van der Waals surface area contributed by atoms with Crippen LogP contribution in [-0.2, 0) is 6.54 Å². The molecule has 0 saturated heterocycles. The molecule has 0 bridgehead atoms. The molecule has 6 heteroatoms. The Morgan fingerprint density at radius 1 is 1.37 bits per heavy atom. The molecule has 2 rings (SSSR count). The highest BCUT2D eigenvalue weighted by atomic mass is 32.1. The Hall–Kier alpha value is -2.21. The van der Waals surface area contributed by atoms with Crippen molar-refractivity contribution in [2.24, 2.45) is 0 Å². The molecule has 19 heavy (non-hydrogen) atoms. The summed E-state index contributed by atoms with van der Waals surface area (Å²) in [5, 5.41) is 15.5. The Morgan fingerprint density at radius 2 is 2.16 bits per heavy atom. The molecule has 1 amide bonds. The van der Waals surface area contributed by atoms with Gasteiger partial charge in [-0.2, -0.15) is 11.3 Å². The summed E-state index contributed by atoms with van der Waals surface area (Å²) in [6, 6.07) is 2.76. The lowest BCUT2D eigenvalue weighted by atomic mass is 10.2. The van der Waals surface area contributed by atoms with Crippen LogP contribution in [0, 0.1) is 6.92 Å². The van der Waals surface area contributed by atoms with E-state index in [2.05, 4.69) is 10.3 Å². The smallest absolute Gasteiger partial charge is 0.354 e. The molecule has 98 valence electrons. The van der Waals surface area contributed by atoms with Gasteiger partial charge >= 0.3 is 5.97 Å². The third-order valence-electron chi connectivity index (χ3n) is 2.65. The summed E-state index contributed by atoms with van der Waals surface area (Å²) in [6.07, 6.45) is 1.26. The summed E-state index contributed by atoms with van der Waals surface area (Å²) in [5.74, 6) is -1.38. The number of aryl methyl sites for hydroxylation is 1. The van der Waals surface area contributed by atoms with Gasteiger partial charge in [-0.05, 0) is 40.9 Å². The number of nitrogens with one attached hydrogen (secondary N) is 1. The molecule has 0 fully saturated rings. The highest BCUT2D eigenvalue weighted by Gasteiger charge is 2.09. The first-order valence-corrected chi connectivity index (χ1v) is 6.51. The number of thiophene rings is 1. The molecular formula is C13H12N2O3S. The van der Waals surface area contributed by atoms with Crippen molar-refractivity contribution >= 4 is 23.2 Å². The molecule has 0 aliphatic carbocycles. The second-order valence-electron chi connectivity index (χ2n) is 4.00. The number of aromatic carboxylic acids is 1. The Kier molecular flexibility index (Phi) is 3.91. The maximum absolute atomic E-state index is 11.8. The van der Waals surface area contributed by atoms with Crippen molar-refractivity contribution in [3.8, 4) is 0 Å². The van der Waals surface area contributed by atoms with Crippen LogP contribution < -0.4 is 5.32 Å². The first-order valence-electron chi connectivity index (χ1n) is 5.57. The van der Waals surface area contributed by atoms with E-state index in [1.54, 1.807) is 11.3 Å². The van der Waals surface area contributed by atoms with Crippen LogP contribution in [0.2, 0.25) is 0 Å². The minimum atomic E-state index is -1.11. The highest BCUT2D eigenvalue weighted by Crippen LogP contribution is 2.13. The molecule has 0 spiro atoms. The fourth-order valence-electron chi connectivity index (χ4n) is 1.50. The van der Waals surface area contributed by atoms with Gasteiger partial charge in [-0.3, -0.25) is 4.79 Å². The first-order chi connectivity index (χ1) is 9.08. The van der Waals surface area contributed by atoms with Gasteiger partial charge in [0.25, 0.3) is 5.91 Å². The van der Waals surface area contributed by atoms with E-state index in [1.807, 2.05) is 17.7 Å². The van der Waals surface area contributed by atoms with Crippen LogP contribution in [0.25, 0.3) is 0 Å². The average molecular weight is 276 g/mol. The lowest BCUT2D eigenvalue weighted by molar-refractivity contribution is 0.0689. The summed E-state index contributed by atoms with van der Waals surface area (Å²) >= 11 is 1.59. The zero-order valence-corrected chi connectivity index (χ0v) is 11.0. The fourth-order valence-corrected chi connectivity index (χ4v) is 2.36. The number of carboxylic acids is 1. The van der Waals surface area contributed by atoms with Gasteiger partial charge in [-0.15, -0.1) is 0 Å². The second-order valence-corrected chi connectivity index (χ2v) is 4.74. The first kappa shape index (κ1) is 13.2. The van der Waals surface area contributed by atoms with Crippen molar-refractivity contribution in [1.82, 2.24) is 10.3 Å². The van der Waals surface area contributed by atoms with Crippen LogP contribution in [0.1, 0.15) is 32.0 Å². The number of hydrogen-bond donors (Lipinski definition) is 2. The number of carboxylic acid groups (broad SMARTS) is 1. The monoisotopic (exact) mass is 276 g/mol. The largest absolute Gasteiger partial charge is 0.477 e. The van der Waals surface area contributed by atoms with Gasteiger partial charge in [0.1, 0.15) is 5.69 Å². The van der Waals surface area contributed by atoms with Gasteiger partial charge in [0.05, 0.1) is 5.56 Å². The van der Waals surface area contributed by atoms with Crippen LogP contribution in [0.4, 0.5) is 0 Å². The molecule has 0 aromatic carbocycles. The standard InChI is InChI=1S/C13H12N2O3S/c1-8-6-19-7-10(8)5-15-12(16)9-2-3-11(13(17)18)14-4-9/h2-4,6-7H,5H2,1H3,(H,15,16)(H,17,18). The molecule has 0 aliphatic rings. The minimum Gasteiger partial charge on any atom is -0.477 e. The number of pyridine rings is 1. The van der Waals surface area contributed by atoms with Crippen molar-refractivity contribution in [2.45, 2.75) is 13.5 Å². The third kappa shape index (κ3) is 3.17. The van der Waals surface area contributed by atoms with Gasteiger partial charge in [-0.1, -0.05) is 0 Å². The number of rotatable bonds is 4. The zero-order chi connectivity index (χ0) is 13.8. The maximum atomic E-state index is 11.8. The molecule has 0 unspecified atom stereocenters. The molecule has 5 nitrogen and oxygen atoms in total. The Morgan fingerprint density at radius 3 is 2.68 bits per heavy atom. The number of hydrogen-bond acceptors (Lipinski definition) is 4. The highest BCUT2D eigenvalue weighted by molar-refractivity contribution is 7.08. The van der Waals surface area contributed by atoms with Gasteiger partial charge in [0.2, 0.25) is 0 Å². The maximum Gasteiger partial charge on any atom is 0.354 e. The molecule has 0 saturated carbocycles. The van der Waals surface area contributed by atoms with Crippen LogP contribution in [0.15, 0.2) is 29.1 Å². The van der Waals surface area contributed by atoms with Gasteiger partial charge in [0.15, 0.2) is 0 Å². The lowest BCUT2D eigenvalue weighted by Crippen LogP contribution is -2.23. The van der Waals surface area contributed by atoms with Gasteiger partial charge < -0.3 is 10.4 Å². The average Bonchev–Trinajstić information content (AvgIpc) is 2.81. The van der Waals surface area contributed by atoms with E-state index in [4.69, 9.17) is 5.11 Å².